The summed E-state index contributed by atoms with van der Waals surface area (Å²) in [6.45, 7) is 7.80. The summed E-state index contributed by atoms with van der Waals surface area (Å²) in [4.78, 5) is 4.09. The van der Waals surface area contributed by atoms with Gasteiger partial charge in [0.25, 0.3) is 0 Å². The highest BCUT2D eigenvalue weighted by molar-refractivity contribution is 5.65. The third-order valence-corrected chi connectivity index (χ3v) is 1.77. The van der Waals surface area contributed by atoms with Crippen molar-refractivity contribution in [2.75, 3.05) is 0 Å². The van der Waals surface area contributed by atoms with Gasteiger partial charge in [-0.2, -0.15) is 0 Å². The van der Waals surface area contributed by atoms with Crippen molar-refractivity contribution in [3.05, 3.63) is 41.7 Å². The fourth-order valence-corrected chi connectivity index (χ4v) is 1.15. The Bertz CT molecular complexity index is 311. The number of hydrogen-bond acceptors (Lipinski definition) is 1. The Balaban J connectivity index is 3.28. The van der Waals surface area contributed by atoms with E-state index in [1.165, 1.54) is 11.1 Å². The summed E-state index contributed by atoms with van der Waals surface area (Å²) in [6, 6.07) is 0. The van der Waals surface area contributed by atoms with Crippen LogP contribution in [0.3, 0.4) is 0 Å². The summed E-state index contributed by atoms with van der Waals surface area (Å²) in [5, 5.41) is 0. The lowest BCUT2D eigenvalue weighted by Gasteiger charge is -2.02. The summed E-state index contributed by atoms with van der Waals surface area (Å²) in [6.07, 6.45) is 9.62. The van der Waals surface area contributed by atoms with Gasteiger partial charge in [0.1, 0.15) is 0 Å². The number of allylic oxidation sites excluding steroid dienone is 1. The lowest BCUT2D eigenvalue weighted by molar-refractivity contribution is 1.25. The summed E-state index contributed by atoms with van der Waals surface area (Å²) in [7, 11) is 0. The molecule has 1 aromatic heterocycles. The number of hydrogen-bond donors (Lipinski definition) is 0. The molecule has 0 saturated carbocycles. The molecule has 0 atom stereocenters. The Hall–Kier alpha value is -1.37. The first kappa shape index (κ1) is 8.72. The number of rotatable bonds is 2. The molecule has 0 unspecified atom stereocenters. The normalized spacial score (nSPS) is 10.5. The zero-order valence-electron chi connectivity index (χ0n) is 7.54. The van der Waals surface area contributed by atoms with Crippen molar-refractivity contribution >= 4 is 12.2 Å². The van der Waals surface area contributed by atoms with Gasteiger partial charge in [0.05, 0.1) is 0 Å². The largest absolute Gasteiger partial charge is 0.264 e. The fourth-order valence-electron chi connectivity index (χ4n) is 1.15. The van der Waals surface area contributed by atoms with Gasteiger partial charge in [0, 0.05) is 12.4 Å². The van der Waals surface area contributed by atoms with Gasteiger partial charge in [0.15, 0.2) is 0 Å². The van der Waals surface area contributed by atoms with Crippen LogP contribution in [0.25, 0.3) is 12.2 Å². The Kier molecular flexibility index (Phi) is 2.81. The van der Waals surface area contributed by atoms with Gasteiger partial charge < -0.3 is 0 Å². The standard InChI is InChI=1S/C11H13N/c1-4-6-11-9(3)7-12-8-10(11)5-2/h4-8H,2H2,1,3H3/b6-4-. The molecule has 0 radical (unpaired) electrons. The molecule has 1 heteroatoms. The highest BCUT2D eigenvalue weighted by atomic mass is 14.6. The van der Waals surface area contributed by atoms with E-state index in [1.807, 2.05) is 31.5 Å². The number of nitrogens with zero attached hydrogens (tertiary/aromatic N) is 1. The van der Waals surface area contributed by atoms with Crippen molar-refractivity contribution in [2.45, 2.75) is 13.8 Å². The molecule has 12 heavy (non-hydrogen) atoms. The zero-order valence-corrected chi connectivity index (χ0v) is 7.54. The maximum atomic E-state index is 4.09. The summed E-state index contributed by atoms with van der Waals surface area (Å²) < 4.78 is 0. The molecule has 0 spiro atoms. The maximum Gasteiger partial charge on any atom is 0.0346 e. The fraction of sp³-hybridized carbons (Fsp3) is 0.182. The van der Waals surface area contributed by atoms with E-state index in [4.69, 9.17) is 0 Å². The van der Waals surface area contributed by atoms with Crippen LogP contribution in [0.4, 0.5) is 0 Å². The Morgan fingerprint density at radius 2 is 2.17 bits per heavy atom. The second-order valence-corrected chi connectivity index (χ2v) is 2.66. The van der Waals surface area contributed by atoms with E-state index in [0.717, 1.165) is 5.56 Å². The predicted molar refractivity (Wildman–Crippen MR) is 53.8 cm³/mol. The molecule has 1 nitrogen and oxygen atoms in total. The smallest absolute Gasteiger partial charge is 0.0346 e. The van der Waals surface area contributed by atoms with E-state index in [1.54, 1.807) is 0 Å². The molecule has 0 aliphatic rings. The van der Waals surface area contributed by atoms with Gasteiger partial charge in [-0.1, -0.05) is 24.8 Å². The quantitative estimate of drug-likeness (QED) is 0.646. The van der Waals surface area contributed by atoms with Crippen LogP contribution < -0.4 is 0 Å². The van der Waals surface area contributed by atoms with E-state index in [9.17, 15) is 0 Å². The average Bonchev–Trinajstić information content (AvgIpc) is 2.09. The van der Waals surface area contributed by atoms with Crippen LogP contribution in [0.5, 0.6) is 0 Å². The molecule has 0 amide bonds. The second-order valence-electron chi connectivity index (χ2n) is 2.66. The third kappa shape index (κ3) is 1.62. The summed E-state index contributed by atoms with van der Waals surface area (Å²) >= 11 is 0. The highest BCUT2D eigenvalue weighted by Crippen LogP contribution is 2.15. The van der Waals surface area contributed by atoms with Crippen LogP contribution in [-0.2, 0) is 0 Å². The predicted octanol–water partition coefficient (Wildman–Crippen LogP) is 3.07. The first-order valence-corrected chi connectivity index (χ1v) is 3.99. The van der Waals surface area contributed by atoms with Gasteiger partial charge in [0.2, 0.25) is 0 Å². The van der Waals surface area contributed by atoms with Gasteiger partial charge in [-0.05, 0) is 30.5 Å². The molecule has 1 heterocycles. The van der Waals surface area contributed by atoms with E-state index in [0.29, 0.717) is 0 Å². The number of aryl methyl sites for hydroxylation is 1. The van der Waals surface area contributed by atoms with Crippen molar-refractivity contribution in [2.24, 2.45) is 0 Å². The summed E-state index contributed by atoms with van der Waals surface area (Å²) in [5.74, 6) is 0. The third-order valence-electron chi connectivity index (χ3n) is 1.77. The SMILES string of the molecule is C=Cc1cncc(C)c1/C=C\C. The van der Waals surface area contributed by atoms with Crippen molar-refractivity contribution < 1.29 is 0 Å². The molecule has 0 aromatic carbocycles. The minimum Gasteiger partial charge on any atom is -0.264 e. The van der Waals surface area contributed by atoms with E-state index in [2.05, 4.69) is 24.6 Å². The minimum atomic E-state index is 1.09. The lowest BCUT2D eigenvalue weighted by atomic mass is 10.1. The zero-order chi connectivity index (χ0) is 8.97. The first-order chi connectivity index (χ1) is 5.79. The van der Waals surface area contributed by atoms with Crippen molar-refractivity contribution in [3.63, 3.8) is 0 Å². The average molecular weight is 159 g/mol. The van der Waals surface area contributed by atoms with Crippen LogP contribution >= 0.6 is 0 Å². The van der Waals surface area contributed by atoms with Crippen LogP contribution in [0, 0.1) is 6.92 Å². The van der Waals surface area contributed by atoms with Crippen LogP contribution in [0.15, 0.2) is 25.0 Å². The molecule has 1 rings (SSSR count). The molecule has 62 valence electrons. The molecule has 0 bridgehead atoms. The molecule has 1 aromatic rings. The monoisotopic (exact) mass is 159 g/mol. The van der Waals surface area contributed by atoms with Crippen molar-refractivity contribution in [3.8, 4) is 0 Å². The highest BCUT2D eigenvalue weighted by Gasteiger charge is 1.98. The minimum absolute atomic E-state index is 1.09. The number of aromatic nitrogens is 1. The Morgan fingerprint density at radius 1 is 1.42 bits per heavy atom. The van der Waals surface area contributed by atoms with Crippen molar-refractivity contribution in [1.29, 1.82) is 0 Å². The van der Waals surface area contributed by atoms with Crippen LogP contribution in [0.1, 0.15) is 23.6 Å². The molecular weight excluding hydrogens is 146 g/mol. The summed E-state index contributed by atoms with van der Waals surface area (Å²) in [5.41, 5.74) is 3.49. The van der Waals surface area contributed by atoms with Gasteiger partial charge in [-0.3, -0.25) is 4.98 Å². The molecular formula is C11H13N. The topological polar surface area (TPSA) is 12.9 Å². The van der Waals surface area contributed by atoms with E-state index >= 15 is 0 Å². The molecule has 0 N–H and O–H groups in total. The Labute approximate surface area is 73.5 Å². The maximum absolute atomic E-state index is 4.09. The van der Waals surface area contributed by atoms with E-state index < -0.39 is 0 Å². The lowest BCUT2D eigenvalue weighted by Crippen LogP contribution is -1.87. The van der Waals surface area contributed by atoms with Gasteiger partial charge in [-0.15, -0.1) is 0 Å². The molecule has 0 aliphatic carbocycles. The van der Waals surface area contributed by atoms with Crippen molar-refractivity contribution in [1.82, 2.24) is 4.98 Å². The Morgan fingerprint density at radius 3 is 2.75 bits per heavy atom. The number of pyridine rings is 1. The van der Waals surface area contributed by atoms with Gasteiger partial charge >= 0.3 is 0 Å². The molecule has 0 saturated heterocycles. The first-order valence-electron chi connectivity index (χ1n) is 3.99. The van der Waals surface area contributed by atoms with Crippen LogP contribution in [-0.4, -0.2) is 4.98 Å². The van der Waals surface area contributed by atoms with Gasteiger partial charge in [-0.25, -0.2) is 0 Å². The van der Waals surface area contributed by atoms with Crippen LogP contribution in [0.2, 0.25) is 0 Å². The van der Waals surface area contributed by atoms with E-state index in [-0.39, 0.29) is 0 Å². The second kappa shape index (κ2) is 3.86. The molecule has 0 aliphatic heterocycles. The molecule has 0 fully saturated rings.